The van der Waals surface area contributed by atoms with Crippen molar-refractivity contribution in [3.63, 3.8) is 0 Å². The summed E-state index contributed by atoms with van der Waals surface area (Å²) in [5.41, 5.74) is 6.10. The molecule has 2 aromatic heterocycles. The first-order chi connectivity index (χ1) is 28.3. The highest BCUT2D eigenvalue weighted by Crippen LogP contribution is 2.35. The summed E-state index contributed by atoms with van der Waals surface area (Å²) in [7, 11) is -2.87. The van der Waals surface area contributed by atoms with Crippen LogP contribution in [-0.4, -0.2) is 27.6 Å². The predicted molar refractivity (Wildman–Crippen MR) is 234 cm³/mol. The van der Waals surface area contributed by atoms with Gasteiger partial charge in [0.05, 0.1) is 11.0 Å². The van der Waals surface area contributed by atoms with E-state index in [2.05, 4.69) is 150 Å². The maximum Gasteiger partial charge on any atom is 0.188 e. The van der Waals surface area contributed by atoms with Crippen LogP contribution in [0.5, 0.6) is 11.5 Å². The van der Waals surface area contributed by atoms with Crippen LogP contribution >= 0.6 is 0 Å². The van der Waals surface area contributed by atoms with E-state index >= 15 is 0 Å². The van der Waals surface area contributed by atoms with Crippen molar-refractivity contribution in [3.05, 3.63) is 206 Å². The van der Waals surface area contributed by atoms with Crippen molar-refractivity contribution in [3.8, 4) is 51.3 Å². The largest absolute Gasteiger partial charge is 0.458 e. The van der Waals surface area contributed by atoms with E-state index in [1.165, 1.54) is 31.5 Å². The number of ether oxygens (including phenoxy) is 1. The van der Waals surface area contributed by atoms with Gasteiger partial charge in [0.2, 0.25) is 0 Å². The molecule has 0 saturated carbocycles. The first-order valence-electron chi connectivity index (χ1n) is 19.2. The average molecular weight is 747 g/mol. The molecule has 0 bridgehead atoms. The topological polar surface area (TPSA) is 52.8 Å². The zero-order chi connectivity index (χ0) is 37.8. The molecule has 5 nitrogen and oxygen atoms in total. The van der Waals surface area contributed by atoms with Crippen LogP contribution in [0.4, 0.5) is 0 Å². The summed E-state index contributed by atoms with van der Waals surface area (Å²) >= 11 is 0. The standard InChI is InChI=1S/C51H34N4OSi/c1-4-17-35(18-5-1)49-52-50(36-19-6-2-7-20-36)54-51(53-49)37-21-16-22-38(33-37)55-43-26-11-10-25-41(43)42-32-31-40(34-44(42)55)57(39-23-8-3-9-24-39)47-29-14-12-27-45(47)56-46-28-13-15-30-48(46)57/h1-34H. The fraction of sp³-hybridized carbons (Fsp3) is 0. The van der Waals surface area contributed by atoms with Gasteiger partial charge in [0.1, 0.15) is 11.5 Å². The van der Waals surface area contributed by atoms with Crippen LogP contribution in [0.15, 0.2) is 206 Å². The molecule has 0 unspecified atom stereocenters. The second kappa shape index (κ2) is 13.4. The van der Waals surface area contributed by atoms with Crippen LogP contribution in [0.3, 0.4) is 0 Å². The molecule has 0 N–H and O–H groups in total. The molecule has 57 heavy (non-hydrogen) atoms. The Morgan fingerprint density at radius 2 is 0.877 bits per heavy atom. The fourth-order valence-electron chi connectivity index (χ4n) is 8.68. The summed E-state index contributed by atoms with van der Waals surface area (Å²) in [6, 6.07) is 72.9. The van der Waals surface area contributed by atoms with Gasteiger partial charge in [-0.1, -0.05) is 170 Å². The van der Waals surface area contributed by atoms with Crippen molar-refractivity contribution in [1.29, 1.82) is 0 Å². The van der Waals surface area contributed by atoms with Crippen molar-refractivity contribution in [2.45, 2.75) is 0 Å². The quantitative estimate of drug-likeness (QED) is 0.159. The van der Waals surface area contributed by atoms with Crippen LogP contribution < -0.4 is 25.5 Å². The summed E-state index contributed by atoms with van der Waals surface area (Å²) < 4.78 is 9.05. The lowest BCUT2D eigenvalue weighted by molar-refractivity contribution is 0.487. The molecule has 0 radical (unpaired) electrons. The van der Waals surface area contributed by atoms with Crippen molar-refractivity contribution >= 4 is 50.6 Å². The Hall–Kier alpha value is -7.41. The first-order valence-corrected chi connectivity index (χ1v) is 21.2. The summed E-state index contributed by atoms with van der Waals surface area (Å²) in [6.07, 6.45) is 0. The summed E-state index contributed by atoms with van der Waals surface area (Å²) in [6.45, 7) is 0. The third-order valence-electron chi connectivity index (χ3n) is 11.2. The van der Waals surface area contributed by atoms with Crippen LogP contribution in [0.2, 0.25) is 0 Å². The minimum atomic E-state index is -2.87. The molecular formula is C51H34N4OSi. The van der Waals surface area contributed by atoms with Gasteiger partial charge >= 0.3 is 0 Å². The maximum atomic E-state index is 6.65. The normalized spacial score (nSPS) is 12.8. The molecule has 0 spiro atoms. The van der Waals surface area contributed by atoms with Gasteiger partial charge in [0.25, 0.3) is 0 Å². The lowest BCUT2D eigenvalue weighted by Gasteiger charge is -2.39. The number of nitrogens with zero attached hydrogens (tertiary/aromatic N) is 4. The van der Waals surface area contributed by atoms with Crippen LogP contribution in [0, 0.1) is 0 Å². The zero-order valence-electron chi connectivity index (χ0n) is 30.8. The third kappa shape index (κ3) is 5.34. The maximum absolute atomic E-state index is 6.65. The molecule has 6 heteroatoms. The van der Waals surface area contributed by atoms with Gasteiger partial charge in [0.15, 0.2) is 25.5 Å². The Bertz CT molecular complexity index is 3010. The monoisotopic (exact) mass is 746 g/mol. The number of benzene rings is 8. The molecule has 1 aliphatic rings. The predicted octanol–water partition coefficient (Wildman–Crippen LogP) is 9.45. The molecule has 0 saturated heterocycles. The van der Waals surface area contributed by atoms with Gasteiger partial charge in [-0.05, 0) is 57.1 Å². The molecule has 8 aromatic carbocycles. The van der Waals surface area contributed by atoms with E-state index in [1.54, 1.807) is 0 Å². The minimum Gasteiger partial charge on any atom is -0.458 e. The van der Waals surface area contributed by atoms with Crippen molar-refractivity contribution in [1.82, 2.24) is 19.5 Å². The second-order valence-corrected chi connectivity index (χ2v) is 18.1. The lowest BCUT2D eigenvalue weighted by atomic mass is 10.1. The van der Waals surface area contributed by atoms with E-state index in [0.29, 0.717) is 17.5 Å². The van der Waals surface area contributed by atoms with Crippen molar-refractivity contribution in [2.24, 2.45) is 0 Å². The van der Waals surface area contributed by atoms with Gasteiger partial charge in [0, 0.05) is 33.2 Å². The molecule has 0 atom stereocenters. The van der Waals surface area contributed by atoms with E-state index < -0.39 is 8.07 Å². The van der Waals surface area contributed by atoms with E-state index in [9.17, 15) is 0 Å². The molecule has 0 amide bonds. The van der Waals surface area contributed by atoms with Crippen LogP contribution in [-0.2, 0) is 0 Å². The highest BCUT2D eigenvalue weighted by Gasteiger charge is 2.48. The van der Waals surface area contributed by atoms with Gasteiger partial charge in [-0.15, -0.1) is 0 Å². The number of para-hydroxylation sites is 3. The summed E-state index contributed by atoms with van der Waals surface area (Å²) in [4.78, 5) is 15.1. The smallest absolute Gasteiger partial charge is 0.188 e. The Morgan fingerprint density at radius 3 is 1.53 bits per heavy atom. The number of rotatable bonds is 6. The Kier molecular flexibility index (Phi) is 7.76. The van der Waals surface area contributed by atoms with Gasteiger partial charge < -0.3 is 9.30 Å². The fourth-order valence-corrected chi connectivity index (χ4v) is 13.6. The molecular weight excluding hydrogens is 713 g/mol. The first kappa shape index (κ1) is 33.0. The van der Waals surface area contributed by atoms with Crippen LogP contribution in [0.1, 0.15) is 0 Å². The van der Waals surface area contributed by atoms with Crippen LogP contribution in [0.25, 0.3) is 61.7 Å². The van der Waals surface area contributed by atoms with Crippen molar-refractivity contribution in [2.75, 3.05) is 0 Å². The number of aromatic nitrogens is 4. The van der Waals surface area contributed by atoms with E-state index in [1.807, 2.05) is 60.7 Å². The highest BCUT2D eigenvalue weighted by molar-refractivity contribution is 7.20. The summed E-state index contributed by atoms with van der Waals surface area (Å²) in [5, 5.41) is 7.50. The second-order valence-electron chi connectivity index (χ2n) is 14.4. The molecule has 268 valence electrons. The Morgan fingerprint density at radius 1 is 0.368 bits per heavy atom. The average Bonchev–Trinajstić information content (AvgIpc) is 3.63. The number of hydrogen-bond donors (Lipinski definition) is 0. The van der Waals surface area contributed by atoms with Gasteiger partial charge in [-0.25, -0.2) is 15.0 Å². The number of fused-ring (bicyclic) bond motifs is 5. The molecule has 11 rings (SSSR count). The Labute approximate surface area is 331 Å². The highest BCUT2D eigenvalue weighted by atomic mass is 28.3. The van der Waals surface area contributed by atoms with E-state index in [4.69, 9.17) is 19.7 Å². The molecule has 0 fully saturated rings. The lowest BCUT2D eigenvalue weighted by Crippen LogP contribution is -2.76. The molecule has 10 aromatic rings. The van der Waals surface area contributed by atoms with Gasteiger partial charge in [-0.2, -0.15) is 0 Å². The summed E-state index contributed by atoms with van der Waals surface area (Å²) in [5.74, 6) is 3.74. The van der Waals surface area contributed by atoms with Crippen molar-refractivity contribution < 1.29 is 4.74 Å². The molecule has 0 aliphatic carbocycles. The minimum absolute atomic E-state index is 0.622. The Balaban J connectivity index is 1.16. The van der Waals surface area contributed by atoms with Gasteiger partial charge in [-0.3, -0.25) is 0 Å². The van der Waals surface area contributed by atoms with E-state index in [-0.39, 0.29) is 0 Å². The van der Waals surface area contributed by atoms with E-state index in [0.717, 1.165) is 44.9 Å². The third-order valence-corrected chi connectivity index (χ3v) is 16.0. The molecule has 3 heterocycles. The zero-order valence-corrected chi connectivity index (χ0v) is 31.8. The number of hydrogen-bond acceptors (Lipinski definition) is 4. The molecule has 1 aliphatic heterocycles. The SMILES string of the molecule is c1ccc(-c2nc(-c3ccccc3)nc(-c3cccc(-n4c5ccccc5c5ccc([Si]6(c7ccccc7)c7ccccc7Oc7ccccc76)cc54)c3)n2)cc1.